The van der Waals surface area contributed by atoms with Crippen LogP contribution in [0, 0.1) is 0 Å². The highest BCUT2D eigenvalue weighted by Crippen LogP contribution is 2.48. The van der Waals surface area contributed by atoms with Gasteiger partial charge in [-0.15, -0.1) is 11.3 Å². The van der Waals surface area contributed by atoms with Gasteiger partial charge in [-0.1, -0.05) is 84.9 Å². The zero-order valence-corrected chi connectivity index (χ0v) is 18.8. The van der Waals surface area contributed by atoms with Gasteiger partial charge in [0.2, 0.25) is 0 Å². The Morgan fingerprint density at radius 3 is 1.94 bits per heavy atom. The topological polar surface area (TPSA) is 26.0 Å². The Balaban J connectivity index is 1.80. The van der Waals surface area contributed by atoms with E-state index in [1.807, 2.05) is 11.3 Å². The fourth-order valence-electron chi connectivity index (χ4n) is 5.36. The van der Waals surface area contributed by atoms with E-state index in [1.165, 1.54) is 63.6 Å². The molecule has 0 fully saturated rings. The van der Waals surface area contributed by atoms with E-state index in [0.717, 1.165) is 5.56 Å². The Morgan fingerprint density at radius 2 is 1.18 bits per heavy atom. The van der Waals surface area contributed by atoms with Gasteiger partial charge in [0.25, 0.3) is 0 Å². The maximum absolute atomic E-state index is 6.01. The summed E-state index contributed by atoms with van der Waals surface area (Å²) in [6, 6.07) is 37.6. The highest BCUT2D eigenvalue weighted by Gasteiger charge is 2.18. The van der Waals surface area contributed by atoms with Gasteiger partial charge in [0.05, 0.1) is 0 Å². The van der Waals surface area contributed by atoms with E-state index < -0.39 is 0 Å². The smallest absolute Gasteiger partial charge is 0.0446 e. The molecule has 1 aromatic heterocycles. The van der Waals surface area contributed by atoms with Gasteiger partial charge in [0.1, 0.15) is 0 Å². The van der Waals surface area contributed by atoms with E-state index in [9.17, 15) is 0 Å². The maximum Gasteiger partial charge on any atom is 0.0446 e. The van der Waals surface area contributed by atoms with Crippen LogP contribution in [-0.2, 0) is 6.54 Å². The van der Waals surface area contributed by atoms with Crippen LogP contribution in [0.1, 0.15) is 5.56 Å². The van der Waals surface area contributed by atoms with E-state index in [2.05, 4.69) is 103 Å². The molecule has 0 bridgehead atoms. The number of benzene rings is 6. The van der Waals surface area contributed by atoms with Crippen LogP contribution >= 0.6 is 11.3 Å². The highest BCUT2D eigenvalue weighted by molar-refractivity contribution is 7.27. The molecule has 0 spiro atoms. The molecule has 1 nitrogen and oxygen atoms in total. The second-order valence-electron chi connectivity index (χ2n) is 8.64. The van der Waals surface area contributed by atoms with E-state index in [4.69, 9.17) is 5.73 Å². The van der Waals surface area contributed by atoms with Crippen molar-refractivity contribution in [3.63, 3.8) is 0 Å². The van der Waals surface area contributed by atoms with Gasteiger partial charge in [0.15, 0.2) is 0 Å². The zero-order chi connectivity index (χ0) is 21.9. The summed E-state index contributed by atoms with van der Waals surface area (Å²) >= 11 is 1.91. The SMILES string of the molecule is NCc1cccc(-c2cc3c4ccccc4c4ccccc4c3c3sc4ccccc4c23)c1. The van der Waals surface area contributed by atoms with Crippen molar-refractivity contribution in [3.8, 4) is 11.1 Å². The van der Waals surface area contributed by atoms with Crippen LogP contribution in [0.5, 0.6) is 0 Å². The van der Waals surface area contributed by atoms with Crippen molar-refractivity contribution in [1.29, 1.82) is 0 Å². The Kier molecular flexibility index (Phi) is 4.07. The largest absolute Gasteiger partial charge is 0.326 e. The van der Waals surface area contributed by atoms with Gasteiger partial charge in [-0.05, 0) is 61.8 Å². The normalized spacial score (nSPS) is 11.9. The number of thiophene rings is 1. The van der Waals surface area contributed by atoms with Crippen LogP contribution in [0.3, 0.4) is 0 Å². The van der Waals surface area contributed by atoms with Crippen molar-refractivity contribution in [2.24, 2.45) is 5.73 Å². The van der Waals surface area contributed by atoms with E-state index in [0.29, 0.717) is 6.54 Å². The third kappa shape index (κ3) is 2.69. The molecule has 7 aromatic rings. The van der Waals surface area contributed by atoms with Crippen molar-refractivity contribution >= 4 is 63.8 Å². The van der Waals surface area contributed by atoms with Gasteiger partial charge >= 0.3 is 0 Å². The van der Waals surface area contributed by atoms with Crippen LogP contribution < -0.4 is 5.73 Å². The van der Waals surface area contributed by atoms with E-state index >= 15 is 0 Å². The summed E-state index contributed by atoms with van der Waals surface area (Å²) in [5.74, 6) is 0. The Hall–Kier alpha value is -3.72. The van der Waals surface area contributed by atoms with Crippen molar-refractivity contribution < 1.29 is 0 Å². The lowest BCUT2D eigenvalue weighted by Crippen LogP contribution is -1.96. The molecule has 33 heavy (non-hydrogen) atoms. The molecule has 0 aliphatic rings. The van der Waals surface area contributed by atoms with Crippen molar-refractivity contribution in [1.82, 2.24) is 0 Å². The lowest BCUT2D eigenvalue weighted by Gasteiger charge is -2.14. The lowest BCUT2D eigenvalue weighted by atomic mass is 9.89. The predicted octanol–water partition coefficient (Wildman–Crippen LogP) is 8.64. The molecule has 0 radical (unpaired) electrons. The fourth-order valence-corrected chi connectivity index (χ4v) is 6.65. The summed E-state index contributed by atoms with van der Waals surface area (Å²) in [5, 5.41) is 10.6. The number of rotatable bonds is 2. The number of hydrogen-bond acceptors (Lipinski definition) is 2. The lowest BCUT2D eigenvalue weighted by molar-refractivity contribution is 1.07. The summed E-state index contributed by atoms with van der Waals surface area (Å²) < 4.78 is 2.69. The van der Waals surface area contributed by atoms with E-state index in [-0.39, 0.29) is 0 Å². The molecule has 7 rings (SSSR count). The van der Waals surface area contributed by atoms with Crippen molar-refractivity contribution in [2.45, 2.75) is 6.54 Å². The van der Waals surface area contributed by atoms with Crippen molar-refractivity contribution in [3.05, 3.63) is 109 Å². The monoisotopic (exact) mass is 439 g/mol. The summed E-state index contributed by atoms with van der Waals surface area (Å²) in [6.45, 7) is 0.544. The van der Waals surface area contributed by atoms with Crippen LogP contribution in [0.4, 0.5) is 0 Å². The first kappa shape index (κ1) is 18.8. The molecular weight excluding hydrogens is 418 g/mol. The Bertz CT molecular complexity index is 1860. The molecule has 0 saturated carbocycles. The molecule has 1 heterocycles. The number of hydrogen-bond donors (Lipinski definition) is 1. The minimum absolute atomic E-state index is 0.544. The molecule has 0 saturated heterocycles. The number of fused-ring (bicyclic) bond motifs is 10. The maximum atomic E-state index is 6.01. The van der Waals surface area contributed by atoms with Crippen LogP contribution in [-0.4, -0.2) is 0 Å². The molecule has 0 amide bonds. The van der Waals surface area contributed by atoms with Gasteiger partial charge in [-0.25, -0.2) is 0 Å². The molecule has 0 unspecified atom stereocenters. The predicted molar refractivity (Wildman–Crippen MR) is 145 cm³/mol. The minimum Gasteiger partial charge on any atom is -0.326 e. The molecule has 6 aromatic carbocycles. The molecule has 0 atom stereocenters. The quantitative estimate of drug-likeness (QED) is 0.268. The second-order valence-corrected chi connectivity index (χ2v) is 9.70. The molecule has 0 aliphatic carbocycles. The average Bonchev–Trinajstić information content (AvgIpc) is 3.28. The molecule has 2 heteroatoms. The Labute approximate surface area is 195 Å². The van der Waals surface area contributed by atoms with Gasteiger partial charge < -0.3 is 5.73 Å². The average molecular weight is 440 g/mol. The standard InChI is InChI=1S/C31H21NS/c32-18-19-8-7-9-20(16-19)26-17-27-23-12-2-1-10-21(23)22-11-3-4-13-24(22)29(27)31-30(26)25-14-5-6-15-28(25)33-31/h1-17H,18,32H2. The summed E-state index contributed by atoms with van der Waals surface area (Å²) in [5.41, 5.74) is 9.68. The van der Waals surface area contributed by atoms with Gasteiger partial charge in [-0.3, -0.25) is 0 Å². The third-order valence-corrected chi connectivity index (χ3v) is 8.02. The highest BCUT2D eigenvalue weighted by atomic mass is 32.1. The summed E-state index contributed by atoms with van der Waals surface area (Å²) in [6.07, 6.45) is 0. The summed E-state index contributed by atoms with van der Waals surface area (Å²) in [4.78, 5) is 0. The molecule has 0 aliphatic heterocycles. The fraction of sp³-hybridized carbons (Fsp3) is 0.0323. The third-order valence-electron chi connectivity index (χ3n) is 6.83. The molecule has 156 valence electrons. The van der Waals surface area contributed by atoms with Crippen LogP contribution in [0.15, 0.2) is 103 Å². The van der Waals surface area contributed by atoms with Gasteiger partial charge in [-0.2, -0.15) is 0 Å². The van der Waals surface area contributed by atoms with E-state index in [1.54, 1.807) is 0 Å². The minimum atomic E-state index is 0.544. The Morgan fingerprint density at radius 1 is 0.545 bits per heavy atom. The zero-order valence-electron chi connectivity index (χ0n) is 18.0. The molecule has 2 N–H and O–H groups in total. The number of nitrogens with two attached hydrogens (primary N) is 1. The van der Waals surface area contributed by atoms with Crippen LogP contribution in [0.25, 0.3) is 63.6 Å². The van der Waals surface area contributed by atoms with Gasteiger partial charge in [0, 0.05) is 32.1 Å². The second kappa shape index (κ2) is 7.14. The summed E-state index contributed by atoms with van der Waals surface area (Å²) in [7, 11) is 0. The first-order chi connectivity index (χ1) is 16.3. The molecular formula is C31H21NS. The van der Waals surface area contributed by atoms with Crippen LogP contribution in [0.2, 0.25) is 0 Å². The first-order valence-electron chi connectivity index (χ1n) is 11.3. The first-order valence-corrected chi connectivity index (χ1v) is 12.1. The van der Waals surface area contributed by atoms with Crippen molar-refractivity contribution in [2.75, 3.05) is 0 Å².